The molecule has 0 radical (unpaired) electrons. The second-order valence-electron chi connectivity index (χ2n) is 16.2. The van der Waals surface area contributed by atoms with Gasteiger partial charge >= 0.3 is 6.09 Å². The van der Waals surface area contributed by atoms with Crippen LogP contribution >= 0.6 is 23.2 Å². The Kier molecular flexibility index (Phi) is 12.9. The fourth-order valence-corrected chi connectivity index (χ4v) is 8.41. The lowest BCUT2D eigenvalue weighted by molar-refractivity contribution is -0.144. The molecule has 3 saturated carbocycles. The summed E-state index contributed by atoms with van der Waals surface area (Å²) in [4.78, 5) is 96.7. The zero-order valence-electron chi connectivity index (χ0n) is 31.5. The summed E-state index contributed by atoms with van der Waals surface area (Å²) in [6.07, 6.45) is 5.30. The Morgan fingerprint density at radius 1 is 0.926 bits per heavy atom. The van der Waals surface area contributed by atoms with E-state index in [4.69, 9.17) is 27.9 Å². The molecule has 1 heterocycles. The summed E-state index contributed by atoms with van der Waals surface area (Å²) in [5.41, 5.74) is -0.256. The number of carbonyl (C=O) groups excluding carboxylic acids is 7. The molecule has 4 N–H and O–H groups in total. The van der Waals surface area contributed by atoms with Gasteiger partial charge in [0, 0.05) is 32.5 Å². The molecule has 3 aliphatic carbocycles. The van der Waals surface area contributed by atoms with Crippen molar-refractivity contribution in [2.24, 2.45) is 23.7 Å². The van der Waals surface area contributed by atoms with Crippen LogP contribution in [0.5, 0.6) is 0 Å². The molecule has 6 atom stereocenters. The molecule has 1 aliphatic heterocycles. The van der Waals surface area contributed by atoms with E-state index in [0.717, 1.165) is 32.1 Å². The number of amides is 6. The van der Waals surface area contributed by atoms with Crippen LogP contribution in [0.15, 0.2) is 30.3 Å². The fourth-order valence-electron chi connectivity index (χ4n) is 7.58. The van der Waals surface area contributed by atoms with Crippen LogP contribution in [0.4, 0.5) is 4.79 Å². The summed E-state index contributed by atoms with van der Waals surface area (Å²) >= 11 is 13.2. The second kappa shape index (κ2) is 16.8. The van der Waals surface area contributed by atoms with E-state index in [0.29, 0.717) is 18.4 Å². The molecule has 4 fully saturated rings. The van der Waals surface area contributed by atoms with Crippen molar-refractivity contribution in [3.8, 4) is 0 Å². The minimum Gasteiger partial charge on any atom is -0.444 e. The quantitative estimate of drug-likeness (QED) is 0.164. The van der Waals surface area contributed by atoms with Gasteiger partial charge in [-0.2, -0.15) is 0 Å². The molecule has 6 amide bonds. The van der Waals surface area contributed by atoms with Crippen molar-refractivity contribution >= 4 is 64.6 Å². The van der Waals surface area contributed by atoms with E-state index >= 15 is 0 Å². The molecule has 296 valence electrons. The number of alkyl halides is 2. The number of rotatable bonds is 14. The average molecular weight is 792 g/mol. The summed E-state index contributed by atoms with van der Waals surface area (Å²) in [7, 11) is 3.11. The third-order valence-corrected chi connectivity index (χ3v) is 11.7. The van der Waals surface area contributed by atoms with Crippen LogP contribution in [-0.4, -0.2) is 106 Å². The summed E-state index contributed by atoms with van der Waals surface area (Å²) < 4.78 is 4.21. The van der Waals surface area contributed by atoms with Gasteiger partial charge < -0.3 is 35.8 Å². The lowest BCUT2D eigenvalue weighted by Gasteiger charge is -2.37. The number of ether oxygens (including phenoxy) is 1. The Bertz CT molecular complexity index is 1610. The zero-order chi connectivity index (χ0) is 39.5. The number of carbonyl (C=O) groups is 7. The van der Waals surface area contributed by atoms with E-state index in [-0.39, 0.29) is 30.7 Å². The van der Waals surface area contributed by atoms with Gasteiger partial charge in [-0.1, -0.05) is 62.4 Å². The first-order valence-corrected chi connectivity index (χ1v) is 19.5. The van der Waals surface area contributed by atoms with Crippen LogP contribution in [0.25, 0.3) is 0 Å². The van der Waals surface area contributed by atoms with E-state index in [9.17, 15) is 33.6 Å². The number of likely N-dealkylation sites (N-methyl/N-ethyl adjacent to an activating group) is 1. The number of halogens is 2. The molecule has 0 spiro atoms. The number of alkyl carbamates (subject to hydrolysis) is 1. The number of Topliss-reactive ketones (excluding diaryl/α,β-unsaturated/α-hetero) is 1. The van der Waals surface area contributed by atoms with Crippen molar-refractivity contribution in [1.82, 2.24) is 31.1 Å². The van der Waals surface area contributed by atoms with Crippen LogP contribution in [0.1, 0.15) is 83.7 Å². The maximum absolute atomic E-state index is 14.3. The molecule has 5 rings (SSSR count). The molecular weight excluding hydrogens is 739 g/mol. The van der Waals surface area contributed by atoms with Crippen LogP contribution in [-0.2, 0) is 33.5 Å². The molecule has 0 bridgehead atoms. The van der Waals surface area contributed by atoms with Crippen LogP contribution in [0.2, 0.25) is 0 Å². The molecule has 54 heavy (non-hydrogen) atoms. The number of ketones is 1. The normalized spacial score (nSPS) is 23.5. The third kappa shape index (κ3) is 10.0. The third-order valence-electron chi connectivity index (χ3n) is 10.6. The van der Waals surface area contributed by atoms with Crippen LogP contribution in [0, 0.1) is 23.7 Å². The Morgan fingerprint density at radius 2 is 1.57 bits per heavy atom. The lowest BCUT2D eigenvalue weighted by Crippen LogP contribution is -2.60. The number of hydrogen-bond donors (Lipinski definition) is 4. The van der Waals surface area contributed by atoms with Gasteiger partial charge in [0.2, 0.25) is 29.4 Å². The Morgan fingerprint density at radius 3 is 2.17 bits per heavy atom. The Balaban J connectivity index is 1.27. The van der Waals surface area contributed by atoms with Crippen molar-refractivity contribution in [2.45, 2.75) is 106 Å². The predicted octanol–water partition coefficient (Wildman–Crippen LogP) is 3.01. The van der Waals surface area contributed by atoms with E-state index in [2.05, 4.69) is 21.3 Å². The summed E-state index contributed by atoms with van der Waals surface area (Å²) in [6.45, 7) is 4.65. The first kappa shape index (κ1) is 41.3. The molecular formula is C38H52Cl2N6O8. The average Bonchev–Trinajstić information content (AvgIpc) is 3.98. The highest BCUT2D eigenvalue weighted by Gasteiger charge is 2.74. The molecule has 0 aromatic heterocycles. The highest BCUT2D eigenvalue weighted by molar-refractivity contribution is 6.51. The van der Waals surface area contributed by atoms with Crippen molar-refractivity contribution in [3.63, 3.8) is 0 Å². The number of nitrogens with one attached hydrogen (secondary N) is 4. The standard InChI is InChI=1S/C38H52Cl2N6O8/c1-37(2,3)54-36(53)44-29(23-14-10-7-11-15-23)35(52)46-20-24-27(38(24,39)40)30(46)32(49)42-25(18-21-16-17-21)31(48)33(50)41-19-26(47)43-28(34(51)45(4)5)22-12-8-6-9-13-22/h6,8-9,12-13,21,23-25,27-30H,7,10-11,14-20H2,1-5H3,(H,41,50)(H,42,49)(H,43,47)(H,44,53)/t24?,25?,27?,28?,29?,30-/m0/s1. The fraction of sp³-hybridized carbons (Fsp3) is 0.658. The predicted molar refractivity (Wildman–Crippen MR) is 200 cm³/mol. The highest BCUT2D eigenvalue weighted by atomic mass is 35.5. The van der Waals surface area contributed by atoms with E-state index < -0.39 is 88.0 Å². The number of fused-ring (bicyclic) bond motifs is 1. The van der Waals surface area contributed by atoms with Gasteiger partial charge in [0.25, 0.3) is 5.91 Å². The maximum Gasteiger partial charge on any atom is 0.408 e. The minimum atomic E-state index is -1.27. The maximum atomic E-state index is 14.3. The molecule has 4 aliphatic rings. The van der Waals surface area contributed by atoms with E-state index in [1.54, 1.807) is 65.2 Å². The minimum absolute atomic E-state index is 0.0743. The first-order chi connectivity index (χ1) is 25.4. The summed E-state index contributed by atoms with van der Waals surface area (Å²) in [5, 5.41) is 10.5. The zero-order valence-corrected chi connectivity index (χ0v) is 33.0. The number of benzene rings is 1. The van der Waals surface area contributed by atoms with Gasteiger partial charge in [-0.3, -0.25) is 28.8 Å². The van der Waals surface area contributed by atoms with Gasteiger partial charge in [-0.05, 0) is 57.4 Å². The molecule has 1 aromatic carbocycles. The van der Waals surface area contributed by atoms with Crippen LogP contribution < -0.4 is 21.3 Å². The lowest BCUT2D eigenvalue weighted by atomic mass is 9.83. The number of hydrogen-bond acceptors (Lipinski definition) is 8. The smallest absolute Gasteiger partial charge is 0.408 e. The monoisotopic (exact) mass is 790 g/mol. The Hall–Kier alpha value is -3.91. The second-order valence-corrected chi connectivity index (χ2v) is 17.6. The first-order valence-electron chi connectivity index (χ1n) is 18.7. The number of nitrogens with zero attached hydrogens (tertiary/aromatic N) is 2. The van der Waals surface area contributed by atoms with Crippen molar-refractivity contribution in [1.29, 1.82) is 0 Å². The number of likely N-dealkylation sites (tertiary alicyclic amines) is 1. The molecule has 5 unspecified atom stereocenters. The van der Waals surface area contributed by atoms with Gasteiger partial charge in [0.1, 0.15) is 28.1 Å². The molecule has 14 nitrogen and oxygen atoms in total. The summed E-state index contributed by atoms with van der Waals surface area (Å²) in [5.74, 6) is -5.38. The van der Waals surface area contributed by atoms with Gasteiger partial charge in [0.05, 0.1) is 12.6 Å². The molecule has 1 aromatic rings. The van der Waals surface area contributed by atoms with Crippen LogP contribution in [0.3, 0.4) is 0 Å². The topological polar surface area (TPSA) is 183 Å². The van der Waals surface area contributed by atoms with E-state index in [1.165, 1.54) is 9.80 Å². The molecule has 1 saturated heterocycles. The van der Waals surface area contributed by atoms with Crippen molar-refractivity contribution in [2.75, 3.05) is 27.2 Å². The van der Waals surface area contributed by atoms with Crippen molar-refractivity contribution < 1.29 is 38.3 Å². The van der Waals surface area contributed by atoms with Gasteiger partial charge in [-0.25, -0.2) is 4.79 Å². The summed E-state index contributed by atoms with van der Waals surface area (Å²) in [6, 6.07) is 4.24. The molecule has 16 heteroatoms. The van der Waals surface area contributed by atoms with E-state index in [1.807, 2.05) is 0 Å². The number of piperidine rings is 1. The van der Waals surface area contributed by atoms with Crippen molar-refractivity contribution in [3.05, 3.63) is 35.9 Å². The van der Waals surface area contributed by atoms with Gasteiger partial charge in [-0.15, -0.1) is 23.2 Å². The SMILES string of the molecule is CN(C)C(=O)C(NC(=O)CNC(=O)C(=O)C(CC1CC1)NC(=O)[C@@H]1C2C(CN1C(=O)C(NC(=O)OC(C)(C)C)C1CCCCC1)C2(Cl)Cl)c1ccccc1. The highest BCUT2D eigenvalue weighted by Crippen LogP contribution is 2.65. The Labute approximate surface area is 326 Å². The largest absolute Gasteiger partial charge is 0.444 e. The van der Waals surface area contributed by atoms with Gasteiger partial charge in [0.15, 0.2) is 0 Å².